The van der Waals surface area contributed by atoms with Crippen LogP contribution in [-0.2, 0) is 6.54 Å². The molecule has 28 heavy (non-hydrogen) atoms. The average molecular weight is 372 g/mol. The smallest absolute Gasteiger partial charge is 0.255 e. The second kappa shape index (κ2) is 8.01. The first kappa shape index (κ1) is 17.9. The Balaban J connectivity index is 1.49. The molecule has 1 atom stereocenters. The highest BCUT2D eigenvalue weighted by atomic mass is 16.2. The number of carbonyl (C=O) groups excluding carboxylic acids is 1. The van der Waals surface area contributed by atoms with Crippen LogP contribution in [0.25, 0.3) is 0 Å². The van der Waals surface area contributed by atoms with Gasteiger partial charge in [-0.2, -0.15) is 5.26 Å². The normalized spacial score (nSPS) is 16.5. The quantitative estimate of drug-likeness (QED) is 0.702. The third kappa shape index (κ3) is 3.76. The number of nitriles is 1. The van der Waals surface area contributed by atoms with Crippen LogP contribution in [0.3, 0.4) is 0 Å². The Labute approximate surface area is 163 Å². The molecule has 0 saturated carbocycles. The standard InChI is InChI=1S/C21H20N6O/c22-12-19-4-3-17(13-25-19)21(28)27-10-1-2-18(15-27)20-24-9-11-26(20)14-16-5-7-23-8-6-16/h3-9,11,13,18H,1-2,10,14-15H2. The van der Waals surface area contributed by atoms with Crippen molar-refractivity contribution in [1.29, 1.82) is 5.26 Å². The summed E-state index contributed by atoms with van der Waals surface area (Å²) < 4.78 is 2.15. The molecule has 0 radical (unpaired) electrons. The number of amides is 1. The number of imidazole rings is 1. The van der Waals surface area contributed by atoms with Crippen LogP contribution in [0.1, 0.15) is 46.2 Å². The molecule has 140 valence electrons. The molecule has 0 aliphatic carbocycles. The van der Waals surface area contributed by atoms with E-state index in [1.807, 2.05) is 35.5 Å². The van der Waals surface area contributed by atoms with E-state index in [0.29, 0.717) is 17.8 Å². The van der Waals surface area contributed by atoms with E-state index in [1.54, 1.807) is 24.5 Å². The van der Waals surface area contributed by atoms with E-state index in [1.165, 1.54) is 11.8 Å². The predicted octanol–water partition coefficient (Wildman–Crippen LogP) is 2.61. The molecule has 1 aliphatic rings. The number of rotatable bonds is 4. The maximum Gasteiger partial charge on any atom is 0.255 e. The van der Waals surface area contributed by atoms with Gasteiger partial charge in [-0.25, -0.2) is 9.97 Å². The Morgan fingerprint density at radius 1 is 1.18 bits per heavy atom. The largest absolute Gasteiger partial charge is 0.338 e. The highest BCUT2D eigenvalue weighted by Gasteiger charge is 2.28. The summed E-state index contributed by atoms with van der Waals surface area (Å²) in [6, 6.07) is 9.22. The number of nitrogens with zero attached hydrogens (tertiary/aromatic N) is 6. The molecular weight excluding hydrogens is 352 g/mol. The fourth-order valence-corrected chi connectivity index (χ4v) is 3.64. The molecule has 0 N–H and O–H groups in total. The second-order valence-electron chi connectivity index (χ2n) is 6.90. The van der Waals surface area contributed by atoms with E-state index in [2.05, 4.69) is 19.5 Å². The average Bonchev–Trinajstić information content (AvgIpc) is 3.22. The number of aromatic nitrogens is 4. The third-order valence-electron chi connectivity index (χ3n) is 5.05. The summed E-state index contributed by atoms with van der Waals surface area (Å²) in [4.78, 5) is 27.4. The first-order chi connectivity index (χ1) is 13.7. The van der Waals surface area contributed by atoms with Gasteiger partial charge in [0.25, 0.3) is 5.91 Å². The molecule has 7 heteroatoms. The molecule has 0 aromatic carbocycles. The van der Waals surface area contributed by atoms with Crippen molar-refractivity contribution < 1.29 is 4.79 Å². The van der Waals surface area contributed by atoms with Crippen molar-refractivity contribution in [3.8, 4) is 6.07 Å². The lowest BCUT2D eigenvalue weighted by molar-refractivity contribution is 0.0703. The number of hydrogen-bond donors (Lipinski definition) is 0. The summed E-state index contributed by atoms with van der Waals surface area (Å²) in [5.41, 5.74) is 1.99. The SMILES string of the molecule is N#Cc1ccc(C(=O)N2CCCC(c3nccn3Cc3ccncc3)C2)cn1. The predicted molar refractivity (Wildman–Crippen MR) is 102 cm³/mol. The summed E-state index contributed by atoms with van der Waals surface area (Å²) in [6.07, 6.45) is 10.8. The van der Waals surface area contributed by atoms with E-state index in [-0.39, 0.29) is 11.8 Å². The van der Waals surface area contributed by atoms with Gasteiger partial charge in [0, 0.05) is 56.5 Å². The van der Waals surface area contributed by atoms with Crippen molar-refractivity contribution in [3.05, 3.63) is 77.9 Å². The van der Waals surface area contributed by atoms with Crippen LogP contribution in [0.5, 0.6) is 0 Å². The molecule has 1 fully saturated rings. The van der Waals surface area contributed by atoms with Gasteiger partial charge in [0.05, 0.1) is 5.56 Å². The Kier molecular flexibility index (Phi) is 5.11. The van der Waals surface area contributed by atoms with E-state index in [9.17, 15) is 4.79 Å². The van der Waals surface area contributed by atoms with Crippen molar-refractivity contribution in [2.75, 3.05) is 13.1 Å². The molecule has 1 saturated heterocycles. The lowest BCUT2D eigenvalue weighted by atomic mass is 9.96. The Hall–Kier alpha value is -3.53. The second-order valence-corrected chi connectivity index (χ2v) is 6.90. The van der Waals surface area contributed by atoms with Crippen molar-refractivity contribution in [2.45, 2.75) is 25.3 Å². The maximum absolute atomic E-state index is 12.9. The highest BCUT2D eigenvalue weighted by molar-refractivity contribution is 5.94. The van der Waals surface area contributed by atoms with Gasteiger partial charge in [-0.05, 0) is 42.7 Å². The minimum Gasteiger partial charge on any atom is -0.338 e. The first-order valence-corrected chi connectivity index (χ1v) is 9.30. The Bertz CT molecular complexity index is 990. The highest BCUT2D eigenvalue weighted by Crippen LogP contribution is 2.27. The number of likely N-dealkylation sites (tertiary alicyclic amines) is 1. The molecule has 4 heterocycles. The molecule has 1 unspecified atom stereocenters. The van der Waals surface area contributed by atoms with Gasteiger partial charge in [0.2, 0.25) is 0 Å². The molecule has 0 bridgehead atoms. The Morgan fingerprint density at radius 2 is 2.04 bits per heavy atom. The van der Waals surface area contributed by atoms with Crippen LogP contribution in [0.4, 0.5) is 0 Å². The maximum atomic E-state index is 12.9. The van der Waals surface area contributed by atoms with E-state index < -0.39 is 0 Å². The number of piperidine rings is 1. The van der Waals surface area contributed by atoms with Crippen LogP contribution in [0.2, 0.25) is 0 Å². The fourth-order valence-electron chi connectivity index (χ4n) is 3.64. The van der Waals surface area contributed by atoms with Crippen LogP contribution in [0.15, 0.2) is 55.2 Å². The summed E-state index contributed by atoms with van der Waals surface area (Å²) in [5, 5.41) is 8.87. The van der Waals surface area contributed by atoms with Crippen LogP contribution < -0.4 is 0 Å². The van der Waals surface area contributed by atoms with Crippen LogP contribution >= 0.6 is 0 Å². The molecule has 0 spiro atoms. The summed E-state index contributed by atoms with van der Waals surface area (Å²) in [7, 11) is 0. The lowest BCUT2D eigenvalue weighted by Crippen LogP contribution is -2.39. The van der Waals surface area contributed by atoms with E-state index >= 15 is 0 Å². The van der Waals surface area contributed by atoms with Crippen molar-refractivity contribution in [1.82, 2.24) is 24.4 Å². The zero-order valence-corrected chi connectivity index (χ0v) is 15.4. The van der Waals surface area contributed by atoms with Gasteiger partial charge < -0.3 is 9.47 Å². The van der Waals surface area contributed by atoms with Crippen molar-refractivity contribution in [3.63, 3.8) is 0 Å². The van der Waals surface area contributed by atoms with Gasteiger partial charge in [-0.1, -0.05) is 0 Å². The molecule has 7 nitrogen and oxygen atoms in total. The van der Waals surface area contributed by atoms with Gasteiger partial charge in [0.15, 0.2) is 0 Å². The van der Waals surface area contributed by atoms with Crippen molar-refractivity contribution >= 4 is 5.91 Å². The zero-order chi connectivity index (χ0) is 19.3. The molecule has 3 aromatic rings. The fraction of sp³-hybridized carbons (Fsp3) is 0.286. The number of carbonyl (C=O) groups is 1. The van der Waals surface area contributed by atoms with Gasteiger partial charge >= 0.3 is 0 Å². The van der Waals surface area contributed by atoms with Crippen LogP contribution in [0, 0.1) is 11.3 Å². The molecule has 4 rings (SSSR count). The summed E-state index contributed by atoms with van der Waals surface area (Å²) >= 11 is 0. The topological polar surface area (TPSA) is 87.7 Å². The molecule has 3 aromatic heterocycles. The monoisotopic (exact) mass is 372 g/mol. The minimum absolute atomic E-state index is 0.0473. The number of hydrogen-bond acceptors (Lipinski definition) is 5. The van der Waals surface area contributed by atoms with E-state index in [0.717, 1.165) is 31.8 Å². The lowest BCUT2D eigenvalue weighted by Gasteiger charge is -2.32. The van der Waals surface area contributed by atoms with Crippen LogP contribution in [-0.4, -0.2) is 43.4 Å². The zero-order valence-electron chi connectivity index (χ0n) is 15.4. The number of pyridine rings is 2. The first-order valence-electron chi connectivity index (χ1n) is 9.30. The third-order valence-corrected chi connectivity index (χ3v) is 5.05. The van der Waals surface area contributed by atoms with Gasteiger partial charge in [0.1, 0.15) is 17.6 Å². The van der Waals surface area contributed by atoms with Crippen molar-refractivity contribution in [2.24, 2.45) is 0 Å². The molecule has 1 amide bonds. The summed E-state index contributed by atoms with van der Waals surface area (Å²) in [6.45, 7) is 2.09. The molecule has 1 aliphatic heterocycles. The summed E-state index contributed by atoms with van der Waals surface area (Å²) in [5.74, 6) is 1.15. The minimum atomic E-state index is -0.0473. The Morgan fingerprint density at radius 3 is 2.79 bits per heavy atom. The molecular formula is C21H20N6O. The van der Waals surface area contributed by atoms with E-state index in [4.69, 9.17) is 5.26 Å². The van der Waals surface area contributed by atoms with Gasteiger partial charge in [-0.15, -0.1) is 0 Å². The van der Waals surface area contributed by atoms with Gasteiger partial charge in [-0.3, -0.25) is 9.78 Å².